The molecule has 0 unspecified atom stereocenters. The van der Waals surface area contributed by atoms with E-state index < -0.39 is 0 Å². The standard InChI is InChI=1S/C18H14FNO3S/c1-11(12-3-5-13(19)6-4-12)16-17(21)20(18(22)24-16)14-7-9-15(23-2)10-8-14/h3-10H,1-2H3/b16-11-. The number of carbonyl (C=O) groups excluding carboxylic acids is 2. The number of nitrogens with zero attached hydrogens (tertiary/aromatic N) is 1. The first kappa shape index (κ1) is 16.3. The number of thioether (sulfide) groups is 1. The Labute approximate surface area is 142 Å². The number of hydrogen-bond acceptors (Lipinski definition) is 4. The number of allylic oxidation sites excluding steroid dienone is 1. The van der Waals surface area contributed by atoms with Crippen LogP contribution in [-0.4, -0.2) is 18.3 Å². The molecule has 0 aliphatic carbocycles. The van der Waals surface area contributed by atoms with Crippen molar-refractivity contribution >= 4 is 34.2 Å². The van der Waals surface area contributed by atoms with Gasteiger partial charge in [-0.25, -0.2) is 9.29 Å². The van der Waals surface area contributed by atoms with E-state index >= 15 is 0 Å². The average Bonchev–Trinajstić information content (AvgIpc) is 2.89. The van der Waals surface area contributed by atoms with Gasteiger partial charge in [0.15, 0.2) is 0 Å². The van der Waals surface area contributed by atoms with E-state index in [1.807, 2.05) is 0 Å². The predicted molar refractivity (Wildman–Crippen MR) is 92.5 cm³/mol. The molecule has 1 heterocycles. The van der Waals surface area contributed by atoms with Gasteiger partial charge in [0.1, 0.15) is 11.6 Å². The maximum atomic E-state index is 13.1. The Kier molecular flexibility index (Phi) is 4.40. The van der Waals surface area contributed by atoms with Gasteiger partial charge < -0.3 is 4.74 Å². The van der Waals surface area contributed by atoms with Crippen molar-refractivity contribution in [2.45, 2.75) is 6.92 Å². The fraction of sp³-hybridized carbons (Fsp3) is 0.111. The minimum absolute atomic E-state index is 0.349. The van der Waals surface area contributed by atoms with Crippen molar-refractivity contribution in [3.05, 3.63) is 64.8 Å². The van der Waals surface area contributed by atoms with E-state index in [1.165, 1.54) is 12.1 Å². The van der Waals surface area contributed by atoms with Crippen LogP contribution in [0.3, 0.4) is 0 Å². The van der Waals surface area contributed by atoms with E-state index in [0.717, 1.165) is 16.7 Å². The second kappa shape index (κ2) is 6.49. The van der Waals surface area contributed by atoms with Crippen molar-refractivity contribution in [3.63, 3.8) is 0 Å². The third-order valence-electron chi connectivity index (χ3n) is 3.72. The van der Waals surface area contributed by atoms with Crippen LogP contribution >= 0.6 is 11.8 Å². The van der Waals surface area contributed by atoms with Crippen molar-refractivity contribution in [2.75, 3.05) is 12.0 Å². The quantitative estimate of drug-likeness (QED) is 0.772. The van der Waals surface area contributed by atoms with Crippen molar-refractivity contribution in [1.82, 2.24) is 0 Å². The minimum Gasteiger partial charge on any atom is -0.497 e. The van der Waals surface area contributed by atoms with Crippen LogP contribution in [0.4, 0.5) is 14.9 Å². The number of benzene rings is 2. The topological polar surface area (TPSA) is 46.6 Å². The van der Waals surface area contributed by atoms with Crippen LogP contribution in [0.2, 0.25) is 0 Å². The highest BCUT2D eigenvalue weighted by molar-refractivity contribution is 8.19. The number of ether oxygens (including phenoxy) is 1. The summed E-state index contributed by atoms with van der Waals surface area (Å²) < 4.78 is 18.1. The van der Waals surface area contributed by atoms with Crippen LogP contribution in [0, 0.1) is 5.82 Å². The fourth-order valence-corrected chi connectivity index (χ4v) is 3.29. The third kappa shape index (κ3) is 2.92. The van der Waals surface area contributed by atoms with Crippen LogP contribution in [0.15, 0.2) is 53.4 Å². The van der Waals surface area contributed by atoms with E-state index in [2.05, 4.69) is 0 Å². The molecule has 1 saturated heterocycles. The minimum atomic E-state index is -0.378. The van der Waals surface area contributed by atoms with Gasteiger partial charge in [0.2, 0.25) is 0 Å². The SMILES string of the molecule is COc1ccc(N2C(=O)S/C(=C(/C)c3ccc(F)cc3)C2=O)cc1. The second-order valence-electron chi connectivity index (χ2n) is 5.17. The van der Waals surface area contributed by atoms with E-state index in [-0.39, 0.29) is 17.0 Å². The highest BCUT2D eigenvalue weighted by Crippen LogP contribution is 2.39. The Balaban J connectivity index is 1.95. The first-order valence-electron chi connectivity index (χ1n) is 7.18. The molecule has 0 atom stereocenters. The number of anilines is 1. The Morgan fingerprint density at radius 1 is 1.04 bits per heavy atom. The van der Waals surface area contributed by atoms with Gasteiger partial charge >= 0.3 is 0 Å². The van der Waals surface area contributed by atoms with Crippen molar-refractivity contribution < 1.29 is 18.7 Å². The molecule has 0 N–H and O–H groups in total. The molecule has 0 radical (unpaired) electrons. The van der Waals surface area contributed by atoms with E-state index in [0.29, 0.717) is 27.5 Å². The van der Waals surface area contributed by atoms with Gasteiger partial charge in [-0.05, 0) is 66.2 Å². The molecule has 1 aliphatic heterocycles. The summed E-state index contributed by atoms with van der Waals surface area (Å²) in [4.78, 5) is 26.4. The van der Waals surface area contributed by atoms with E-state index in [9.17, 15) is 14.0 Å². The molecule has 6 heteroatoms. The lowest BCUT2D eigenvalue weighted by Crippen LogP contribution is -2.27. The van der Waals surface area contributed by atoms with Gasteiger partial charge in [0.25, 0.3) is 11.1 Å². The molecule has 0 saturated carbocycles. The zero-order chi connectivity index (χ0) is 17.3. The smallest absolute Gasteiger partial charge is 0.298 e. The molecule has 3 rings (SSSR count). The number of carbonyl (C=O) groups is 2. The van der Waals surface area contributed by atoms with Gasteiger partial charge in [0.05, 0.1) is 17.7 Å². The first-order valence-corrected chi connectivity index (χ1v) is 8.00. The second-order valence-corrected chi connectivity index (χ2v) is 6.13. The Morgan fingerprint density at radius 3 is 2.25 bits per heavy atom. The molecular weight excluding hydrogens is 329 g/mol. The molecule has 0 spiro atoms. The van der Waals surface area contributed by atoms with Gasteiger partial charge in [-0.15, -0.1) is 0 Å². The number of amides is 2. The lowest BCUT2D eigenvalue weighted by molar-refractivity contribution is -0.113. The number of methoxy groups -OCH3 is 1. The summed E-state index contributed by atoms with van der Waals surface area (Å²) in [6, 6.07) is 12.5. The predicted octanol–water partition coefficient (Wildman–Crippen LogP) is 4.47. The number of hydrogen-bond donors (Lipinski definition) is 0. The van der Waals surface area contributed by atoms with Crippen LogP contribution in [0.1, 0.15) is 12.5 Å². The van der Waals surface area contributed by atoms with Crippen LogP contribution in [0.25, 0.3) is 5.57 Å². The largest absolute Gasteiger partial charge is 0.497 e. The van der Waals surface area contributed by atoms with Crippen LogP contribution in [0.5, 0.6) is 5.75 Å². The number of imide groups is 1. The monoisotopic (exact) mass is 343 g/mol. The third-order valence-corrected chi connectivity index (χ3v) is 4.76. The first-order chi connectivity index (χ1) is 11.5. The summed E-state index contributed by atoms with van der Waals surface area (Å²) in [5, 5.41) is -0.360. The highest BCUT2D eigenvalue weighted by atomic mass is 32.2. The maximum Gasteiger partial charge on any atom is 0.298 e. The van der Waals surface area contributed by atoms with Crippen molar-refractivity contribution in [1.29, 1.82) is 0 Å². The van der Waals surface area contributed by atoms with E-state index in [1.54, 1.807) is 50.4 Å². The Hall–Kier alpha value is -2.60. The number of halogens is 1. The van der Waals surface area contributed by atoms with Crippen molar-refractivity contribution in [3.8, 4) is 5.75 Å². The summed E-state index contributed by atoms with van der Waals surface area (Å²) in [5.41, 5.74) is 1.84. The zero-order valence-corrected chi connectivity index (χ0v) is 13.9. The molecule has 122 valence electrons. The fourth-order valence-electron chi connectivity index (χ4n) is 2.38. The summed E-state index contributed by atoms with van der Waals surface area (Å²) in [6.45, 7) is 1.75. The van der Waals surface area contributed by atoms with Crippen LogP contribution in [-0.2, 0) is 4.79 Å². The molecule has 2 aromatic carbocycles. The maximum absolute atomic E-state index is 13.1. The normalized spacial score (nSPS) is 16.5. The zero-order valence-electron chi connectivity index (χ0n) is 13.1. The van der Waals surface area contributed by atoms with E-state index in [4.69, 9.17) is 4.74 Å². The summed E-state index contributed by atoms with van der Waals surface area (Å²) in [6.07, 6.45) is 0. The molecule has 2 amide bonds. The molecule has 0 aromatic heterocycles. The molecule has 1 aliphatic rings. The van der Waals surface area contributed by atoms with Gasteiger partial charge in [-0.2, -0.15) is 0 Å². The Bertz CT molecular complexity index is 828. The molecule has 4 nitrogen and oxygen atoms in total. The number of rotatable bonds is 3. The molecule has 24 heavy (non-hydrogen) atoms. The molecule has 0 bridgehead atoms. The lowest BCUT2D eigenvalue weighted by Gasteiger charge is -2.13. The summed E-state index contributed by atoms with van der Waals surface area (Å²) in [5.74, 6) is -0.0846. The van der Waals surface area contributed by atoms with Crippen molar-refractivity contribution in [2.24, 2.45) is 0 Å². The highest BCUT2D eigenvalue weighted by Gasteiger charge is 2.37. The van der Waals surface area contributed by atoms with Crippen LogP contribution < -0.4 is 9.64 Å². The van der Waals surface area contributed by atoms with Gasteiger partial charge in [-0.1, -0.05) is 12.1 Å². The molecular formula is C18H14FNO3S. The van der Waals surface area contributed by atoms with Gasteiger partial charge in [-0.3, -0.25) is 9.59 Å². The lowest BCUT2D eigenvalue weighted by atomic mass is 10.1. The average molecular weight is 343 g/mol. The molecule has 2 aromatic rings. The summed E-state index contributed by atoms with van der Waals surface area (Å²) in [7, 11) is 1.55. The summed E-state index contributed by atoms with van der Waals surface area (Å²) >= 11 is 0.886. The van der Waals surface area contributed by atoms with Gasteiger partial charge in [0, 0.05) is 0 Å². The molecule has 1 fully saturated rings. The Morgan fingerprint density at radius 2 is 1.67 bits per heavy atom.